The van der Waals surface area contributed by atoms with Crippen molar-refractivity contribution < 1.29 is 15.0 Å². The van der Waals surface area contributed by atoms with E-state index in [0.717, 1.165) is 0 Å². The van der Waals surface area contributed by atoms with Crippen LogP contribution in [0.3, 0.4) is 0 Å². The third-order valence-corrected chi connectivity index (χ3v) is 3.36. The molecule has 1 unspecified atom stereocenters. The number of hydrogen-bond acceptors (Lipinski definition) is 4. The zero-order valence-electron chi connectivity index (χ0n) is 10.9. The van der Waals surface area contributed by atoms with Gasteiger partial charge in [0, 0.05) is 6.54 Å². The highest BCUT2D eigenvalue weighted by Crippen LogP contribution is 2.28. The van der Waals surface area contributed by atoms with E-state index in [2.05, 4.69) is 5.32 Å². The summed E-state index contributed by atoms with van der Waals surface area (Å²) in [7, 11) is 0. The van der Waals surface area contributed by atoms with Crippen molar-refractivity contribution in [1.29, 1.82) is 0 Å². The van der Waals surface area contributed by atoms with Crippen LogP contribution < -0.4 is 11.1 Å². The molecule has 1 aromatic rings. The number of phenolic OH excluding ortho intramolecular Hbond substituents is 2. The first-order chi connectivity index (χ1) is 8.31. The number of carbonyl (C=O) groups excluding carboxylic acids is 1. The third kappa shape index (κ3) is 2.73. The summed E-state index contributed by atoms with van der Waals surface area (Å²) in [5.74, 6) is -1.05. The van der Waals surface area contributed by atoms with E-state index in [1.807, 2.05) is 20.8 Å². The minimum Gasteiger partial charge on any atom is -0.504 e. The summed E-state index contributed by atoms with van der Waals surface area (Å²) in [4.78, 5) is 12.1. The van der Waals surface area contributed by atoms with Crippen LogP contribution in [0.5, 0.6) is 11.5 Å². The smallest absolute Gasteiger partial charge is 0.255 e. The molecule has 0 saturated carbocycles. The van der Waals surface area contributed by atoms with Crippen molar-refractivity contribution in [1.82, 2.24) is 5.32 Å². The van der Waals surface area contributed by atoms with Gasteiger partial charge in [0.1, 0.15) is 0 Å². The Kier molecular flexibility index (Phi) is 4.19. The van der Waals surface area contributed by atoms with Crippen molar-refractivity contribution in [2.45, 2.75) is 26.3 Å². The molecule has 1 amide bonds. The number of amides is 1. The molecule has 1 aromatic carbocycles. The SMILES string of the molecule is CC(C)C(C)(CN)NC(=O)c1cccc(O)c1O. The molecule has 100 valence electrons. The van der Waals surface area contributed by atoms with Crippen LogP contribution in [0.1, 0.15) is 31.1 Å². The minimum atomic E-state index is -0.561. The molecular formula is C13H20N2O3. The van der Waals surface area contributed by atoms with Gasteiger partial charge in [-0.15, -0.1) is 0 Å². The van der Waals surface area contributed by atoms with Gasteiger partial charge in [0.05, 0.1) is 11.1 Å². The number of phenols is 2. The summed E-state index contributed by atoms with van der Waals surface area (Å²) in [6.45, 7) is 6.04. The van der Waals surface area contributed by atoms with Gasteiger partial charge in [-0.3, -0.25) is 4.79 Å². The molecule has 5 N–H and O–H groups in total. The second-order valence-corrected chi connectivity index (χ2v) is 4.90. The lowest BCUT2D eigenvalue weighted by molar-refractivity contribution is 0.0880. The second kappa shape index (κ2) is 5.27. The quantitative estimate of drug-likeness (QED) is 0.605. The molecule has 0 aromatic heterocycles. The molecule has 1 rings (SSSR count). The summed E-state index contributed by atoms with van der Waals surface area (Å²) >= 11 is 0. The van der Waals surface area contributed by atoms with Gasteiger partial charge in [0.2, 0.25) is 0 Å². The minimum absolute atomic E-state index is 0.0373. The maximum atomic E-state index is 12.1. The van der Waals surface area contributed by atoms with E-state index >= 15 is 0 Å². The number of hydrogen-bond donors (Lipinski definition) is 4. The Morgan fingerprint density at radius 1 is 1.44 bits per heavy atom. The molecule has 0 bridgehead atoms. The maximum Gasteiger partial charge on any atom is 0.255 e. The number of aromatic hydroxyl groups is 2. The van der Waals surface area contributed by atoms with Crippen LogP contribution in [-0.2, 0) is 0 Å². The van der Waals surface area contributed by atoms with Crippen molar-refractivity contribution in [3.05, 3.63) is 23.8 Å². The predicted molar refractivity (Wildman–Crippen MR) is 69.5 cm³/mol. The molecule has 0 spiro atoms. The standard InChI is InChI=1S/C13H20N2O3/c1-8(2)13(3,7-14)15-12(18)9-5-4-6-10(16)11(9)17/h4-6,8,16-17H,7,14H2,1-3H3,(H,15,18). The molecule has 0 aliphatic heterocycles. The lowest BCUT2D eigenvalue weighted by Crippen LogP contribution is -2.55. The molecule has 1 atom stereocenters. The highest BCUT2D eigenvalue weighted by Gasteiger charge is 2.29. The summed E-state index contributed by atoms with van der Waals surface area (Å²) in [6.07, 6.45) is 0. The summed E-state index contributed by atoms with van der Waals surface area (Å²) < 4.78 is 0. The molecule has 5 heteroatoms. The molecule has 0 aliphatic carbocycles. The van der Waals surface area contributed by atoms with E-state index in [4.69, 9.17) is 5.73 Å². The number of nitrogens with two attached hydrogens (primary N) is 1. The average molecular weight is 252 g/mol. The Bertz CT molecular complexity index is 446. The Morgan fingerprint density at radius 2 is 2.06 bits per heavy atom. The monoisotopic (exact) mass is 252 g/mol. The molecular weight excluding hydrogens is 232 g/mol. The van der Waals surface area contributed by atoms with Crippen LogP contribution in [0.4, 0.5) is 0 Å². The van der Waals surface area contributed by atoms with E-state index < -0.39 is 17.2 Å². The number of para-hydroxylation sites is 1. The van der Waals surface area contributed by atoms with Crippen LogP contribution in [0, 0.1) is 5.92 Å². The van der Waals surface area contributed by atoms with Crippen LogP contribution in [0.2, 0.25) is 0 Å². The van der Waals surface area contributed by atoms with Crippen LogP contribution in [-0.4, -0.2) is 28.2 Å². The van der Waals surface area contributed by atoms with Crippen molar-refractivity contribution in [3.63, 3.8) is 0 Å². The molecule has 5 nitrogen and oxygen atoms in total. The normalized spacial score (nSPS) is 14.3. The maximum absolute atomic E-state index is 12.1. The van der Waals surface area contributed by atoms with E-state index in [-0.39, 0.29) is 23.8 Å². The van der Waals surface area contributed by atoms with E-state index in [0.29, 0.717) is 0 Å². The van der Waals surface area contributed by atoms with E-state index in [1.54, 1.807) is 0 Å². The number of rotatable bonds is 4. The first-order valence-corrected chi connectivity index (χ1v) is 5.85. The largest absolute Gasteiger partial charge is 0.504 e. The van der Waals surface area contributed by atoms with E-state index in [1.165, 1.54) is 18.2 Å². The predicted octanol–water partition coefficient (Wildman–Crippen LogP) is 1.20. The lowest BCUT2D eigenvalue weighted by Gasteiger charge is -2.33. The van der Waals surface area contributed by atoms with Crippen molar-refractivity contribution in [2.75, 3.05) is 6.54 Å². The topological polar surface area (TPSA) is 95.6 Å². The van der Waals surface area contributed by atoms with Gasteiger partial charge in [-0.25, -0.2) is 0 Å². The highest BCUT2D eigenvalue weighted by atomic mass is 16.3. The van der Waals surface area contributed by atoms with Gasteiger partial charge in [0.15, 0.2) is 11.5 Å². The van der Waals surface area contributed by atoms with Crippen LogP contribution in [0.25, 0.3) is 0 Å². The van der Waals surface area contributed by atoms with Crippen molar-refractivity contribution in [3.8, 4) is 11.5 Å². The summed E-state index contributed by atoms with van der Waals surface area (Å²) in [5, 5.41) is 21.8. The molecule has 0 radical (unpaired) electrons. The molecule has 0 fully saturated rings. The number of benzene rings is 1. The van der Waals surface area contributed by atoms with Crippen LogP contribution >= 0.6 is 0 Å². The average Bonchev–Trinajstić information content (AvgIpc) is 2.32. The zero-order valence-corrected chi connectivity index (χ0v) is 10.9. The summed E-state index contributed by atoms with van der Waals surface area (Å²) in [6, 6.07) is 4.26. The molecule has 18 heavy (non-hydrogen) atoms. The first-order valence-electron chi connectivity index (χ1n) is 5.85. The van der Waals surface area contributed by atoms with Gasteiger partial charge >= 0.3 is 0 Å². The fourth-order valence-corrected chi connectivity index (χ4v) is 1.47. The highest BCUT2D eigenvalue weighted by molar-refractivity contribution is 5.98. The van der Waals surface area contributed by atoms with Crippen molar-refractivity contribution >= 4 is 5.91 Å². The zero-order chi connectivity index (χ0) is 13.9. The Morgan fingerprint density at radius 3 is 2.56 bits per heavy atom. The first kappa shape index (κ1) is 14.3. The lowest BCUT2D eigenvalue weighted by atomic mass is 9.88. The van der Waals surface area contributed by atoms with Crippen LogP contribution in [0.15, 0.2) is 18.2 Å². The number of carbonyl (C=O) groups is 1. The van der Waals surface area contributed by atoms with Gasteiger partial charge in [-0.2, -0.15) is 0 Å². The Balaban J connectivity index is 2.99. The van der Waals surface area contributed by atoms with E-state index in [9.17, 15) is 15.0 Å². The fraction of sp³-hybridized carbons (Fsp3) is 0.462. The molecule has 0 aliphatic rings. The van der Waals surface area contributed by atoms with Gasteiger partial charge in [0.25, 0.3) is 5.91 Å². The van der Waals surface area contributed by atoms with Crippen molar-refractivity contribution in [2.24, 2.45) is 11.7 Å². The van der Waals surface area contributed by atoms with Gasteiger partial charge in [-0.1, -0.05) is 19.9 Å². The fourth-order valence-electron chi connectivity index (χ4n) is 1.47. The summed E-state index contributed by atoms with van der Waals surface area (Å²) in [5.41, 5.74) is 5.15. The second-order valence-electron chi connectivity index (χ2n) is 4.90. The Hall–Kier alpha value is -1.75. The van der Waals surface area contributed by atoms with Gasteiger partial charge in [-0.05, 0) is 25.0 Å². The molecule has 0 heterocycles. The Labute approximate surface area is 107 Å². The third-order valence-electron chi connectivity index (χ3n) is 3.36. The number of nitrogens with one attached hydrogen (secondary N) is 1. The van der Waals surface area contributed by atoms with Gasteiger partial charge < -0.3 is 21.3 Å². The molecule has 0 saturated heterocycles.